The number of para-hydroxylation sites is 2. The third kappa shape index (κ3) is 4.43. The zero-order chi connectivity index (χ0) is 24.2. The van der Waals surface area contributed by atoms with E-state index in [1.54, 1.807) is 5.06 Å². The SMILES string of the molecule is CON=C(C(N)=O)c1cc2cc(C)c1ON2C(C)C(C)=NN(c1ccccc1)c1ccccc1. The van der Waals surface area contributed by atoms with Gasteiger partial charge in [-0.05, 0) is 62.7 Å². The van der Waals surface area contributed by atoms with Gasteiger partial charge in [-0.1, -0.05) is 41.6 Å². The van der Waals surface area contributed by atoms with Crippen molar-refractivity contribution >= 4 is 34.4 Å². The molecule has 2 bridgehead atoms. The third-order valence-corrected chi connectivity index (χ3v) is 5.59. The number of hydrazone groups is 1. The molecule has 5 rings (SSSR count). The maximum absolute atomic E-state index is 11.9. The van der Waals surface area contributed by atoms with E-state index in [2.05, 4.69) is 5.16 Å². The summed E-state index contributed by atoms with van der Waals surface area (Å²) in [7, 11) is 1.37. The second-order valence-electron chi connectivity index (χ2n) is 7.94. The van der Waals surface area contributed by atoms with E-state index in [0.29, 0.717) is 11.3 Å². The maximum Gasteiger partial charge on any atom is 0.271 e. The van der Waals surface area contributed by atoms with E-state index in [1.807, 2.05) is 98.6 Å². The van der Waals surface area contributed by atoms with Crippen molar-refractivity contribution in [3.63, 3.8) is 0 Å². The molecule has 8 nitrogen and oxygen atoms in total. The number of amides is 1. The predicted molar refractivity (Wildman–Crippen MR) is 135 cm³/mol. The molecule has 3 aromatic rings. The zero-order valence-corrected chi connectivity index (χ0v) is 19.6. The second kappa shape index (κ2) is 9.66. The molecule has 1 unspecified atom stereocenters. The van der Waals surface area contributed by atoms with Crippen molar-refractivity contribution in [3.8, 4) is 5.75 Å². The largest absolute Gasteiger partial charge is 0.398 e. The molecule has 0 radical (unpaired) electrons. The van der Waals surface area contributed by atoms with Gasteiger partial charge in [-0.15, -0.1) is 0 Å². The maximum atomic E-state index is 11.9. The summed E-state index contributed by atoms with van der Waals surface area (Å²) in [5, 5.41) is 12.4. The molecule has 3 aromatic carbocycles. The number of anilines is 3. The standard InChI is InChI=1S/C26H27N5O3/c1-17-15-22-16-23(24(26(27)32)29-33-4)25(17)34-31(22)19(3)18(2)28-30(20-11-7-5-8-12-20)21-13-9-6-10-14-21/h5-16,19H,1-4H3,(H2,27,32). The Kier molecular flexibility index (Phi) is 6.49. The molecule has 0 aromatic heterocycles. The highest BCUT2D eigenvalue weighted by Gasteiger charge is 2.32. The van der Waals surface area contributed by atoms with E-state index in [-0.39, 0.29) is 11.8 Å². The monoisotopic (exact) mass is 457 g/mol. The van der Waals surface area contributed by atoms with E-state index in [9.17, 15) is 4.79 Å². The summed E-state index contributed by atoms with van der Waals surface area (Å²) in [4.78, 5) is 22.9. The van der Waals surface area contributed by atoms with Gasteiger partial charge in [-0.25, -0.2) is 10.1 Å². The van der Waals surface area contributed by atoms with Crippen molar-refractivity contribution in [2.75, 3.05) is 17.2 Å². The highest BCUT2D eigenvalue weighted by Crippen LogP contribution is 2.38. The number of benzene rings is 3. The molecule has 2 heterocycles. The van der Waals surface area contributed by atoms with Gasteiger partial charge in [-0.3, -0.25) is 4.79 Å². The van der Waals surface area contributed by atoms with Crippen LogP contribution >= 0.6 is 0 Å². The predicted octanol–water partition coefficient (Wildman–Crippen LogP) is 4.55. The topological polar surface area (TPSA) is 92.8 Å². The number of hydroxylamine groups is 1. The number of rotatable bonds is 8. The van der Waals surface area contributed by atoms with Crippen molar-refractivity contribution in [2.24, 2.45) is 16.0 Å². The Hall–Kier alpha value is -4.33. The highest BCUT2D eigenvalue weighted by molar-refractivity contribution is 6.45. The summed E-state index contributed by atoms with van der Waals surface area (Å²) >= 11 is 0. The first kappa shape index (κ1) is 22.8. The van der Waals surface area contributed by atoms with Crippen molar-refractivity contribution in [3.05, 3.63) is 83.9 Å². The van der Waals surface area contributed by atoms with Crippen LogP contribution in [0.2, 0.25) is 0 Å². The van der Waals surface area contributed by atoms with Gasteiger partial charge in [0, 0.05) is 0 Å². The molecular formula is C26H27N5O3. The molecule has 0 fully saturated rings. The van der Waals surface area contributed by atoms with Gasteiger partial charge in [0.15, 0.2) is 11.5 Å². The Bertz CT molecular complexity index is 1200. The van der Waals surface area contributed by atoms with Crippen LogP contribution < -0.4 is 20.6 Å². The van der Waals surface area contributed by atoms with Crippen LogP contribution in [0.5, 0.6) is 5.75 Å². The van der Waals surface area contributed by atoms with E-state index in [4.69, 9.17) is 20.5 Å². The Morgan fingerprint density at radius 2 is 1.65 bits per heavy atom. The number of nitrogens with zero attached hydrogens (tertiary/aromatic N) is 4. The third-order valence-electron chi connectivity index (χ3n) is 5.59. The first-order chi connectivity index (χ1) is 16.4. The van der Waals surface area contributed by atoms with E-state index < -0.39 is 5.91 Å². The summed E-state index contributed by atoms with van der Waals surface area (Å²) in [5.41, 5.74) is 10.4. The molecule has 34 heavy (non-hydrogen) atoms. The minimum Gasteiger partial charge on any atom is -0.398 e. The number of oxime groups is 1. The second-order valence-corrected chi connectivity index (χ2v) is 7.94. The van der Waals surface area contributed by atoms with Gasteiger partial charge in [0.05, 0.1) is 28.3 Å². The lowest BCUT2D eigenvalue weighted by molar-refractivity contribution is -0.112. The Labute approximate surface area is 198 Å². The molecule has 0 saturated carbocycles. The van der Waals surface area contributed by atoms with Crippen LogP contribution in [0.15, 0.2) is 83.1 Å². The highest BCUT2D eigenvalue weighted by atomic mass is 16.7. The van der Waals surface area contributed by atoms with Crippen LogP contribution in [-0.2, 0) is 9.63 Å². The summed E-state index contributed by atoms with van der Waals surface area (Å²) in [5.74, 6) is -0.184. The van der Waals surface area contributed by atoms with Crippen molar-refractivity contribution < 1.29 is 14.5 Å². The first-order valence-electron chi connectivity index (χ1n) is 10.9. The molecule has 8 heteroatoms. The normalized spacial score (nSPS) is 13.9. The molecule has 2 aliphatic rings. The van der Waals surface area contributed by atoms with Gasteiger partial charge in [0.1, 0.15) is 13.2 Å². The lowest BCUT2D eigenvalue weighted by atomic mass is 10.0. The van der Waals surface area contributed by atoms with Gasteiger partial charge < -0.3 is 15.4 Å². The number of hydrogen-bond donors (Lipinski definition) is 1. The quantitative estimate of drug-likeness (QED) is 0.396. The van der Waals surface area contributed by atoms with Gasteiger partial charge >= 0.3 is 0 Å². The molecule has 1 amide bonds. The summed E-state index contributed by atoms with van der Waals surface area (Å²) in [6.07, 6.45) is 0. The number of carbonyl (C=O) groups excluding carboxylic acids is 1. The number of hydrogen-bond acceptors (Lipinski definition) is 7. The molecule has 0 spiro atoms. The molecular weight excluding hydrogens is 430 g/mol. The fourth-order valence-electron chi connectivity index (χ4n) is 3.77. The van der Waals surface area contributed by atoms with Crippen LogP contribution in [0, 0.1) is 6.92 Å². The van der Waals surface area contributed by atoms with Crippen molar-refractivity contribution in [1.82, 2.24) is 0 Å². The fraction of sp³-hybridized carbons (Fsp3) is 0.192. The van der Waals surface area contributed by atoms with E-state index in [0.717, 1.165) is 28.3 Å². The van der Waals surface area contributed by atoms with Crippen LogP contribution in [-0.4, -0.2) is 30.5 Å². The minimum absolute atomic E-state index is 0.0134. The molecule has 174 valence electrons. The van der Waals surface area contributed by atoms with Crippen molar-refractivity contribution in [2.45, 2.75) is 26.8 Å². The molecule has 0 aliphatic carbocycles. The van der Waals surface area contributed by atoms with Gasteiger partial charge in [-0.2, -0.15) is 5.10 Å². The fourth-order valence-corrected chi connectivity index (χ4v) is 3.77. The zero-order valence-electron chi connectivity index (χ0n) is 19.6. The van der Waals surface area contributed by atoms with Gasteiger partial charge in [0.25, 0.3) is 5.91 Å². The van der Waals surface area contributed by atoms with Crippen LogP contribution in [0.4, 0.5) is 17.1 Å². The van der Waals surface area contributed by atoms with E-state index >= 15 is 0 Å². The number of nitrogens with two attached hydrogens (primary N) is 1. The number of aryl methyl sites for hydroxylation is 1. The Morgan fingerprint density at radius 1 is 1.06 bits per heavy atom. The smallest absolute Gasteiger partial charge is 0.271 e. The lowest BCUT2D eigenvalue weighted by Gasteiger charge is -2.36. The molecule has 0 saturated heterocycles. The van der Waals surface area contributed by atoms with E-state index in [1.165, 1.54) is 7.11 Å². The van der Waals surface area contributed by atoms with Crippen LogP contribution in [0.3, 0.4) is 0 Å². The summed E-state index contributed by atoms with van der Waals surface area (Å²) in [6.45, 7) is 5.88. The summed E-state index contributed by atoms with van der Waals surface area (Å²) < 4.78 is 0. The Balaban J connectivity index is 1.68. The average Bonchev–Trinajstić information content (AvgIpc) is 2.86. The molecule has 2 N–H and O–H groups in total. The number of primary amides is 1. The van der Waals surface area contributed by atoms with Crippen LogP contribution in [0.25, 0.3) is 0 Å². The molecule has 1 atom stereocenters. The number of carbonyl (C=O) groups is 1. The van der Waals surface area contributed by atoms with Crippen LogP contribution in [0.1, 0.15) is 25.0 Å². The summed E-state index contributed by atoms with van der Waals surface area (Å²) in [6, 6.07) is 23.5. The lowest BCUT2D eigenvalue weighted by Crippen LogP contribution is -2.44. The minimum atomic E-state index is -0.691. The average molecular weight is 458 g/mol. The Morgan fingerprint density at radius 3 is 2.15 bits per heavy atom. The first-order valence-corrected chi connectivity index (χ1v) is 10.9. The molecule has 2 aliphatic heterocycles. The van der Waals surface area contributed by atoms with Gasteiger partial charge in [0.2, 0.25) is 0 Å². The number of fused-ring (bicyclic) bond motifs is 3. The van der Waals surface area contributed by atoms with Crippen molar-refractivity contribution in [1.29, 1.82) is 0 Å².